The van der Waals surface area contributed by atoms with Crippen molar-refractivity contribution in [1.82, 2.24) is 0 Å². The number of fused-ring (bicyclic) bond motifs is 9. The monoisotopic (exact) mass is 911 g/mol. The van der Waals surface area contributed by atoms with Crippen molar-refractivity contribution in [3.63, 3.8) is 0 Å². The Labute approximate surface area is 409 Å². The van der Waals surface area contributed by atoms with Crippen LogP contribution in [-0.2, 0) is 5.41 Å². The van der Waals surface area contributed by atoms with Crippen LogP contribution in [0, 0.1) is 5.82 Å². The molecule has 1 aliphatic carbocycles. The largest absolute Gasteiger partial charge is 0.456 e. The predicted molar refractivity (Wildman–Crippen MR) is 289 cm³/mol. The molecule has 0 fully saturated rings. The van der Waals surface area contributed by atoms with Crippen molar-refractivity contribution < 1.29 is 13.2 Å². The summed E-state index contributed by atoms with van der Waals surface area (Å²) in [6.07, 6.45) is 0. The molecule has 2 heterocycles. The van der Waals surface area contributed by atoms with Crippen LogP contribution in [0.25, 0.3) is 88.4 Å². The molecule has 0 bridgehead atoms. The highest BCUT2D eigenvalue weighted by Gasteiger charge is 2.48. The lowest BCUT2D eigenvalue weighted by Crippen LogP contribution is -2.29. The Balaban J connectivity index is 0.987. The van der Waals surface area contributed by atoms with Crippen LogP contribution in [0.15, 0.2) is 264 Å². The fraction of sp³-hybridized carbons (Fsp3) is 0.0149. The Kier molecular flexibility index (Phi) is 9.30. The number of rotatable bonds is 8. The van der Waals surface area contributed by atoms with Gasteiger partial charge in [-0.15, -0.1) is 0 Å². The van der Waals surface area contributed by atoms with Gasteiger partial charge in [-0.2, -0.15) is 0 Å². The number of halogens is 1. The maximum atomic E-state index is 16.7. The van der Waals surface area contributed by atoms with Gasteiger partial charge in [-0.3, -0.25) is 0 Å². The van der Waals surface area contributed by atoms with Crippen LogP contribution in [0.3, 0.4) is 0 Å². The number of hydrogen-bond acceptors (Lipinski definition) is 3. The summed E-state index contributed by atoms with van der Waals surface area (Å²) in [5.41, 5.74) is 17.8. The van der Waals surface area contributed by atoms with Crippen LogP contribution in [0.2, 0.25) is 0 Å². The van der Waals surface area contributed by atoms with Crippen LogP contribution in [-0.4, -0.2) is 0 Å². The van der Waals surface area contributed by atoms with E-state index in [1.807, 2.05) is 36.4 Å². The molecule has 0 amide bonds. The van der Waals surface area contributed by atoms with Gasteiger partial charge in [0.15, 0.2) is 0 Å². The molecule has 334 valence electrons. The summed E-state index contributed by atoms with van der Waals surface area (Å²) in [7, 11) is 0. The topological polar surface area (TPSA) is 29.5 Å². The van der Waals surface area contributed by atoms with Crippen molar-refractivity contribution in [2.45, 2.75) is 5.41 Å². The lowest BCUT2D eigenvalue weighted by molar-refractivity contribution is 0.627. The second-order valence-corrected chi connectivity index (χ2v) is 18.5. The predicted octanol–water partition coefficient (Wildman–Crippen LogP) is 18.5. The molecule has 3 nitrogen and oxygen atoms in total. The van der Waals surface area contributed by atoms with Crippen LogP contribution in [0.4, 0.5) is 21.5 Å². The molecular weight excluding hydrogens is 870 g/mol. The average molecular weight is 912 g/mol. The standard InChI is InChI=1S/C67H42FNO2/c68-49-39-58(46-29-27-45(28-30-46)53-23-14-24-57-55-21-10-13-26-63(55)71-66(53)57)65-60(40-49)54-37-35-52(42-61(54)67(65,47-17-6-2-7-18-47)48-19-8-3-9-20-48)69(50-33-31-44(32-34-50)43-15-4-1-5-16-43)51-36-38-64-59(41-51)56-22-11-12-25-62(56)70-64/h1-42H. The molecule has 4 heteroatoms. The molecule has 0 radical (unpaired) electrons. The molecule has 13 aromatic rings. The Bertz CT molecular complexity index is 4120. The van der Waals surface area contributed by atoms with Gasteiger partial charge in [0.1, 0.15) is 28.1 Å². The van der Waals surface area contributed by atoms with E-state index in [1.54, 1.807) is 12.1 Å². The van der Waals surface area contributed by atoms with E-state index in [9.17, 15) is 0 Å². The molecule has 14 rings (SSSR count). The highest BCUT2D eigenvalue weighted by atomic mass is 19.1. The van der Waals surface area contributed by atoms with E-state index in [4.69, 9.17) is 8.83 Å². The third-order valence-electron chi connectivity index (χ3n) is 14.6. The highest BCUT2D eigenvalue weighted by Crippen LogP contribution is 2.60. The van der Waals surface area contributed by atoms with E-state index >= 15 is 4.39 Å². The zero-order valence-electron chi connectivity index (χ0n) is 38.4. The molecule has 0 N–H and O–H groups in total. The molecule has 71 heavy (non-hydrogen) atoms. The molecule has 0 saturated carbocycles. The number of para-hydroxylation sites is 3. The van der Waals surface area contributed by atoms with Gasteiger partial charge >= 0.3 is 0 Å². The van der Waals surface area contributed by atoms with Gasteiger partial charge in [0.25, 0.3) is 0 Å². The van der Waals surface area contributed by atoms with Gasteiger partial charge < -0.3 is 13.7 Å². The van der Waals surface area contributed by atoms with E-state index < -0.39 is 5.41 Å². The minimum atomic E-state index is -0.849. The fourth-order valence-corrected chi connectivity index (χ4v) is 11.5. The van der Waals surface area contributed by atoms with Gasteiger partial charge in [-0.25, -0.2) is 4.39 Å². The van der Waals surface area contributed by atoms with Crippen LogP contribution < -0.4 is 4.90 Å². The van der Waals surface area contributed by atoms with E-state index in [0.29, 0.717) is 0 Å². The van der Waals surface area contributed by atoms with Crippen molar-refractivity contribution in [1.29, 1.82) is 0 Å². The summed E-state index contributed by atoms with van der Waals surface area (Å²) in [5.74, 6) is -0.289. The number of hydrogen-bond donors (Lipinski definition) is 0. The highest BCUT2D eigenvalue weighted by molar-refractivity contribution is 6.10. The van der Waals surface area contributed by atoms with Crippen LogP contribution >= 0.6 is 0 Å². The normalized spacial score (nSPS) is 12.7. The molecule has 0 saturated heterocycles. The van der Waals surface area contributed by atoms with Gasteiger partial charge in [0.2, 0.25) is 0 Å². The first-order valence-corrected chi connectivity index (χ1v) is 24.1. The average Bonchev–Trinajstić information content (AvgIpc) is 4.11. The summed E-state index contributed by atoms with van der Waals surface area (Å²) >= 11 is 0. The summed E-state index contributed by atoms with van der Waals surface area (Å²) in [4.78, 5) is 2.34. The van der Waals surface area contributed by atoms with Crippen molar-refractivity contribution in [3.05, 3.63) is 283 Å². The number of benzene rings is 11. The summed E-state index contributed by atoms with van der Waals surface area (Å²) in [6.45, 7) is 0. The second-order valence-electron chi connectivity index (χ2n) is 18.5. The Morgan fingerprint density at radius 3 is 1.54 bits per heavy atom. The minimum absolute atomic E-state index is 0.289. The zero-order valence-corrected chi connectivity index (χ0v) is 38.4. The number of anilines is 3. The lowest BCUT2D eigenvalue weighted by atomic mass is 9.66. The molecule has 0 unspecified atom stereocenters. The molecule has 0 spiro atoms. The zero-order chi connectivity index (χ0) is 47.0. The van der Waals surface area contributed by atoms with Crippen molar-refractivity contribution >= 4 is 60.9 Å². The maximum Gasteiger partial charge on any atom is 0.143 e. The quantitative estimate of drug-likeness (QED) is 0.152. The first-order valence-electron chi connectivity index (χ1n) is 24.1. The van der Waals surface area contributed by atoms with Crippen molar-refractivity contribution in [3.8, 4) is 44.5 Å². The van der Waals surface area contributed by atoms with Gasteiger partial charge in [-0.1, -0.05) is 188 Å². The number of furan rings is 2. The lowest BCUT2D eigenvalue weighted by Gasteiger charge is -2.36. The second kappa shape index (κ2) is 16.2. The van der Waals surface area contributed by atoms with E-state index in [-0.39, 0.29) is 5.82 Å². The van der Waals surface area contributed by atoms with Crippen molar-refractivity contribution in [2.24, 2.45) is 0 Å². The van der Waals surface area contributed by atoms with Crippen LogP contribution in [0.1, 0.15) is 22.3 Å². The van der Waals surface area contributed by atoms with Crippen LogP contribution in [0.5, 0.6) is 0 Å². The molecule has 11 aromatic carbocycles. The summed E-state index contributed by atoms with van der Waals surface area (Å²) in [6, 6.07) is 88.7. The molecular formula is C67H42FNO2. The summed E-state index contributed by atoms with van der Waals surface area (Å²) in [5, 5.41) is 4.28. The Hall–Kier alpha value is -9.25. The van der Waals surface area contributed by atoms with Gasteiger partial charge in [-0.05, 0) is 128 Å². The molecule has 0 aliphatic heterocycles. The van der Waals surface area contributed by atoms with E-state index in [1.165, 1.54) is 0 Å². The first kappa shape index (κ1) is 40.8. The Morgan fingerprint density at radius 1 is 0.324 bits per heavy atom. The minimum Gasteiger partial charge on any atom is -0.456 e. The fourth-order valence-electron chi connectivity index (χ4n) is 11.5. The van der Waals surface area contributed by atoms with Crippen molar-refractivity contribution in [2.75, 3.05) is 4.90 Å². The maximum absolute atomic E-state index is 16.7. The summed E-state index contributed by atoms with van der Waals surface area (Å²) < 4.78 is 29.5. The van der Waals surface area contributed by atoms with E-state index in [0.717, 1.165) is 128 Å². The van der Waals surface area contributed by atoms with Gasteiger partial charge in [0.05, 0.1) is 5.41 Å². The van der Waals surface area contributed by atoms with E-state index in [2.05, 4.69) is 211 Å². The first-order chi connectivity index (χ1) is 35.1. The number of nitrogens with zero attached hydrogens (tertiary/aromatic N) is 1. The SMILES string of the molecule is Fc1cc(-c2ccc(-c3cccc4c3oc3ccccc34)cc2)c2c(c1)-c1ccc(N(c3ccc(-c4ccccc4)cc3)c3ccc4oc5ccccc5c4c3)cc1C2(c1ccccc1)c1ccccc1. The Morgan fingerprint density at radius 2 is 0.831 bits per heavy atom. The molecule has 2 aromatic heterocycles. The molecule has 0 atom stereocenters. The molecule has 1 aliphatic rings. The van der Waals surface area contributed by atoms with Gasteiger partial charge in [0, 0.05) is 44.2 Å². The smallest absolute Gasteiger partial charge is 0.143 e. The third-order valence-corrected chi connectivity index (χ3v) is 14.6. The third kappa shape index (κ3) is 6.42.